The molecule has 1 amide bonds. The highest BCUT2D eigenvalue weighted by Crippen LogP contribution is 2.43. The van der Waals surface area contributed by atoms with E-state index < -0.39 is 0 Å². The fourth-order valence-corrected chi connectivity index (χ4v) is 4.13. The van der Waals surface area contributed by atoms with Crippen LogP contribution in [0.2, 0.25) is 0 Å². The Bertz CT molecular complexity index is 399. The van der Waals surface area contributed by atoms with Crippen molar-refractivity contribution in [2.24, 2.45) is 0 Å². The summed E-state index contributed by atoms with van der Waals surface area (Å²) in [4.78, 5) is 14.0. The molecule has 2 fully saturated rings. The summed E-state index contributed by atoms with van der Waals surface area (Å²) < 4.78 is 5.74. The molecule has 3 nitrogen and oxygen atoms in total. The van der Waals surface area contributed by atoms with E-state index in [0.717, 1.165) is 44.3 Å². The molecule has 2 aliphatic rings. The Hall–Kier alpha value is -0.990. The number of nitrogens with zero attached hydrogens (tertiary/aromatic N) is 1. The first-order chi connectivity index (χ1) is 11.7. The SMILES string of the molecule is C=C1N(CCCCCCCCCCCC)C(=O)OC12CCCCC2. The molecule has 0 N–H and O–H groups in total. The van der Waals surface area contributed by atoms with E-state index in [1.165, 1.54) is 64.2 Å². The van der Waals surface area contributed by atoms with Gasteiger partial charge in [0.2, 0.25) is 0 Å². The molecule has 0 unspecified atom stereocenters. The minimum Gasteiger partial charge on any atom is -0.436 e. The number of hydrogen-bond acceptors (Lipinski definition) is 2. The monoisotopic (exact) mass is 335 g/mol. The summed E-state index contributed by atoms with van der Waals surface area (Å²) in [6.07, 6.45) is 18.5. The summed E-state index contributed by atoms with van der Waals surface area (Å²) in [5, 5.41) is 0. The van der Waals surface area contributed by atoms with Crippen LogP contribution < -0.4 is 0 Å². The van der Waals surface area contributed by atoms with E-state index in [2.05, 4.69) is 13.5 Å². The van der Waals surface area contributed by atoms with Crippen LogP contribution in [0.4, 0.5) is 4.79 Å². The van der Waals surface area contributed by atoms with Gasteiger partial charge in [0, 0.05) is 6.54 Å². The van der Waals surface area contributed by atoms with E-state index >= 15 is 0 Å². The summed E-state index contributed by atoms with van der Waals surface area (Å²) in [5.41, 5.74) is 0.580. The molecule has 0 aromatic heterocycles. The van der Waals surface area contributed by atoms with Gasteiger partial charge in [-0.1, -0.05) is 77.7 Å². The van der Waals surface area contributed by atoms with E-state index in [0.29, 0.717) is 0 Å². The molecule has 1 heterocycles. The van der Waals surface area contributed by atoms with Crippen molar-refractivity contribution in [1.29, 1.82) is 0 Å². The Kier molecular flexibility index (Phi) is 8.14. The van der Waals surface area contributed by atoms with Crippen LogP contribution in [0.25, 0.3) is 0 Å². The number of amides is 1. The van der Waals surface area contributed by atoms with Crippen LogP contribution in [0.3, 0.4) is 0 Å². The molecule has 0 atom stereocenters. The first kappa shape index (κ1) is 19.3. The Morgan fingerprint density at radius 2 is 1.46 bits per heavy atom. The molecule has 1 aliphatic carbocycles. The molecule has 0 aromatic rings. The van der Waals surface area contributed by atoms with Gasteiger partial charge in [-0.25, -0.2) is 4.79 Å². The maximum atomic E-state index is 12.2. The molecule has 1 spiro atoms. The van der Waals surface area contributed by atoms with Crippen molar-refractivity contribution in [1.82, 2.24) is 4.90 Å². The van der Waals surface area contributed by atoms with Gasteiger partial charge < -0.3 is 4.74 Å². The lowest BCUT2D eigenvalue weighted by molar-refractivity contribution is 0.0401. The quantitative estimate of drug-likeness (QED) is 0.399. The fraction of sp³-hybridized carbons (Fsp3) is 0.857. The highest BCUT2D eigenvalue weighted by molar-refractivity contribution is 5.74. The zero-order valence-corrected chi connectivity index (χ0v) is 15.8. The van der Waals surface area contributed by atoms with Gasteiger partial charge in [-0.3, -0.25) is 4.90 Å². The van der Waals surface area contributed by atoms with Gasteiger partial charge in [0.25, 0.3) is 0 Å². The van der Waals surface area contributed by atoms with Crippen molar-refractivity contribution in [2.75, 3.05) is 6.54 Å². The number of rotatable bonds is 11. The van der Waals surface area contributed by atoms with Gasteiger partial charge in [0.1, 0.15) is 0 Å². The van der Waals surface area contributed by atoms with E-state index in [4.69, 9.17) is 4.74 Å². The van der Waals surface area contributed by atoms with Crippen LogP contribution in [0.5, 0.6) is 0 Å². The van der Waals surface area contributed by atoms with Crippen LogP contribution in [0.15, 0.2) is 12.3 Å². The Morgan fingerprint density at radius 3 is 2.04 bits per heavy atom. The summed E-state index contributed by atoms with van der Waals surface area (Å²) >= 11 is 0. The first-order valence-electron chi connectivity index (χ1n) is 10.4. The van der Waals surface area contributed by atoms with Crippen LogP contribution in [0, 0.1) is 0 Å². The summed E-state index contributed by atoms with van der Waals surface area (Å²) in [6, 6.07) is 0. The highest BCUT2D eigenvalue weighted by Gasteiger charge is 2.48. The second-order valence-corrected chi connectivity index (χ2v) is 7.70. The van der Waals surface area contributed by atoms with Gasteiger partial charge in [-0.15, -0.1) is 0 Å². The topological polar surface area (TPSA) is 29.5 Å². The molecule has 1 aliphatic heterocycles. The van der Waals surface area contributed by atoms with Crippen LogP contribution in [-0.4, -0.2) is 23.1 Å². The summed E-state index contributed by atoms with van der Waals surface area (Å²) in [7, 11) is 0. The normalized spacial score (nSPS) is 20.0. The van der Waals surface area contributed by atoms with E-state index in [1.54, 1.807) is 0 Å². The molecule has 1 saturated carbocycles. The second kappa shape index (κ2) is 10.1. The Labute approximate surface area is 148 Å². The molecule has 138 valence electrons. The third kappa shape index (κ3) is 5.26. The first-order valence-corrected chi connectivity index (χ1v) is 10.4. The number of carbonyl (C=O) groups is 1. The number of unbranched alkanes of at least 4 members (excludes halogenated alkanes) is 9. The lowest BCUT2D eigenvalue weighted by Crippen LogP contribution is -2.34. The highest BCUT2D eigenvalue weighted by atomic mass is 16.6. The molecule has 0 bridgehead atoms. The van der Waals surface area contributed by atoms with E-state index in [9.17, 15) is 4.79 Å². The van der Waals surface area contributed by atoms with Crippen LogP contribution in [-0.2, 0) is 4.74 Å². The predicted molar refractivity (Wildman–Crippen MR) is 100.0 cm³/mol. The van der Waals surface area contributed by atoms with Crippen molar-refractivity contribution in [3.63, 3.8) is 0 Å². The van der Waals surface area contributed by atoms with Gasteiger partial charge in [-0.2, -0.15) is 0 Å². The van der Waals surface area contributed by atoms with Gasteiger partial charge in [0.05, 0.1) is 5.70 Å². The molecule has 24 heavy (non-hydrogen) atoms. The zero-order chi connectivity index (χ0) is 17.3. The molecular weight excluding hydrogens is 298 g/mol. The largest absolute Gasteiger partial charge is 0.436 e. The summed E-state index contributed by atoms with van der Waals surface area (Å²) in [6.45, 7) is 7.26. The van der Waals surface area contributed by atoms with E-state index in [1.807, 2.05) is 4.90 Å². The standard InChI is InChI=1S/C21H37NO2/c1-3-4-5-6-7-8-9-10-11-15-18-22-19(2)21(24-20(22)23)16-13-12-14-17-21/h2-18H2,1H3. The third-order valence-electron chi connectivity index (χ3n) is 5.75. The number of ether oxygens (including phenoxy) is 1. The number of carbonyl (C=O) groups excluding carboxylic acids is 1. The van der Waals surface area contributed by atoms with Crippen molar-refractivity contribution < 1.29 is 9.53 Å². The molecular formula is C21H37NO2. The molecule has 1 saturated heterocycles. The number of hydrogen-bond donors (Lipinski definition) is 0. The molecule has 0 radical (unpaired) electrons. The lowest BCUT2D eigenvalue weighted by Gasteiger charge is -2.32. The minimum absolute atomic E-state index is 0.155. The van der Waals surface area contributed by atoms with Crippen LogP contribution in [0.1, 0.15) is 103 Å². The lowest BCUT2D eigenvalue weighted by atomic mass is 9.83. The Balaban J connectivity index is 1.56. The van der Waals surface area contributed by atoms with Crippen molar-refractivity contribution >= 4 is 6.09 Å². The average Bonchev–Trinajstić information content (AvgIpc) is 2.81. The minimum atomic E-state index is -0.353. The van der Waals surface area contributed by atoms with E-state index in [-0.39, 0.29) is 11.7 Å². The van der Waals surface area contributed by atoms with Gasteiger partial charge in [0.15, 0.2) is 5.60 Å². The smallest absolute Gasteiger partial charge is 0.415 e. The van der Waals surface area contributed by atoms with Gasteiger partial charge >= 0.3 is 6.09 Å². The molecule has 3 heteroatoms. The zero-order valence-electron chi connectivity index (χ0n) is 15.8. The van der Waals surface area contributed by atoms with Crippen molar-refractivity contribution in [2.45, 2.75) is 109 Å². The summed E-state index contributed by atoms with van der Waals surface area (Å²) in [5.74, 6) is 0. The maximum absolute atomic E-state index is 12.2. The van der Waals surface area contributed by atoms with Crippen molar-refractivity contribution in [3.05, 3.63) is 12.3 Å². The molecule has 2 rings (SSSR count). The fourth-order valence-electron chi connectivity index (χ4n) is 4.13. The van der Waals surface area contributed by atoms with Crippen molar-refractivity contribution in [3.8, 4) is 0 Å². The third-order valence-corrected chi connectivity index (χ3v) is 5.75. The predicted octanol–water partition coefficient (Wildman–Crippen LogP) is 6.58. The Morgan fingerprint density at radius 1 is 0.917 bits per heavy atom. The maximum Gasteiger partial charge on any atom is 0.415 e. The molecule has 0 aromatic carbocycles. The second-order valence-electron chi connectivity index (χ2n) is 7.70. The average molecular weight is 336 g/mol. The van der Waals surface area contributed by atoms with Crippen LogP contribution >= 0.6 is 0 Å². The van der Waals surface area contributed by atoms with Gasteiger partial charge in [-0.05, 0) is 32.1 Å².